The Balaban J connectivity index is 2.63. The van der Waals surface area contributed by atoms with Gasteiger partial charge in [0.25, 0.3) is 0 Å². The van der Waals surface area contributed by atoms with Crippen molar-refractivity contribution in [3.63, 3.8) is 0 Å². The molecule has 3 N–H and O–H groups in total. The lowest BCUT2D eigenvalue weighted by molar-refractivity contribution is -0.119. The van der Waals surface area contributed by atoms with Gasteiger partial charge in [-0.3, -0.25) is 4.79 Å². The standard InChI is InChI=1S/C11H15N3O3/c1-7(2)14-9(15)6-13-10-8(11(16)17)4-3-5-12-10/h3-5,7H,6H2,1-2H3,(H,12,13)(H,14,15)(H,16,17). The fourth-order valence-corrected chi connectivity index (χ4v) is 1.26. The van der Waals surface area contributed by atoms with Gasteiger partial charge in [-0.2, -0.15) is 0 Å². The van der Waals surface area contributed by atoms with Crippen LogP contribution in [0.3, 0.4) is 0 Å². The van der Waals surface area contributed by atoms with Crippen molar-refractivity contribution in [1.82, 2.24) is 10.3 Å². The third-order valence-electron chi connectivity index (χ3n) is 1.90. The molecule has 1 rings (SSSR count). The Morgan fingerprint density at radius 3 is 2.76 bits per heavy atom. The number of carboxylic acids is 1. The Morgan fingerprint density at radius 2 is 2.18 bits per heavy atom. The maximum absolute atomic E-state index is 11.4. The number of nitrogens with one attached hydrogen (secondary N) is 2. The number of carbonyl (C=O) groups is 2. The average molecular weight is 237 g/mol. The molecular weight excluding hydrogens is 222 g/mol. The molecule has 6 nitrogen and oxygen atoms in total. The summed E-state index contributed by atoms with van der Waals surface area (Å²) in [7, 11) is 0. The zero-order valence-electron chi connectivity index (χ0n) is 9.73. The number of nitrogens with zero attached hydrogens (tertiary/aromatic N) is 1. The fourth-order valence-electron chi connectivity index (χ4n) is 1.26. The summed E-state index contributed by atoms with van der Waals surface area (Å²) in [5.41, 5.74) is 0.0462. The van der Waals surface area contributed by atoms with Crippen LogP contribution in [0.1, 0.15) is 24.2 Å². The zero-order valence-corrected chi connectivity index (χ0v) is 9.73. The first-order valence-electron chi connectivity index (χ1n) is 5.22. The molecular formula is C11H15N3O3. The smallest absolute Gasteiger partial charge is 0.339 e. The van der Waals surface area contributed by atoms with Gasteiger partial charge in [-0.15, -0.1) is 0 Å². The van der Waals surface area contributed by atoms with E-state index in [4.69, 9.17) is 5.11 Å². The second-order valence-electron chi connectivity index (χ2n) is 3.78. The molecule has 0 fully saturated rings. The van der Waals surface area contributed by atoms with Gasteiger partial charge in [0, 0.05) is 12.2 Å². The molecule has 1 aromatic heterocycles. The van der Waals surface area contributed by atoms with E-state index >= 15 is 0 Å². The van der Waals surface area contributed by atoms with Crippen LogP contribution in [0.15, 0.2) is 18.3 Å². The number of pyridine rings is 1. The van der Waals surface area contributed by atoms with Gasteiger partial charge in [-0.1, -0.05) is 0 Å². The van der Waals surface area contributed by atoms with Gasteiger partial charge in [0.05, 0.1) is 6.54 Å². The van der Waals surface area contributed by atoms with E-state index in [9.17, 15) is 9.59 Å². The molecule has 1 heterocycles. The number of carbonyl (C=O) groups excluding carboxylic acids is 1. The van der Waals surface area contributed by atoms with Gasteiger partial charge in [-0.05, 0) is 26.0 Å². The summed E-state index contributed by atoms with van der Waals surface area (Å²) >= 11 is 0. The molecule has 1 aromatic rings. The van der Waals surface area contributed by atoms with E-state index in [1.165, 1.54) is 18.3 Å². The molecule has 92 valence electrons. The number of hydrogen-bond donors (Lipinski definition) is 3. The highest BCUT2D eigenvalue weighted by Crippen LogP contribution is 2.10. The van der Waals surface area contributed by atoms with Crippen molar-refractivity contribution in [1.29, 1.82) is 0 Å². The maximum Gasteiger partial charge on any atom is 0.339 e. The van der Waals surface area contributed by atoms with Crippen molar-refractivity contribution in [2.75, 3.05) is 11.9 Å². The number of amides is 1. The van der Waals surface area contributed by atoms with Crippen LogP contribution in [0, 0.1) is 0 Å². The summed E-state index contributed by atoms with van der Waals surface area (Å²) in [6.45, 7) is 3.69. The Morgan fingerprint density at radius 1 is 1.47 bits per heavy atom. The predicted molar refractivity (Wildman–Crippen MR) is 63.0 cm³/mol. The van der Waals surface area contributed by atoms with Crippen molar-refractivity contribution in [3.05, 3.63) is 23.9 Å². The van der Waals surface area contributed by atoms with Crippen LogP contribution in [0.25, 0.3) is 0 Å². The minimum atomic E-state index is -1.08. The number of aromatic nitrogens is 1. The molecule has 0 radical (unpaired) electrons. The van der Waals surface area contributed by atoms with Crippen LogP contribution in [0.5, 0.6) is 0 Å². The first kappa shape index (κ1) is 13.0. The monoisotopic (exact) mass is 237 g/mol. The Labute approximate surface area is 99.1 Å². The molecule has 0 aliphatic carbocycles. The van der Waals surface area contributed by atoms with E-state index in [2.05, 4.69) is 15.6 Å². The predicted octanol–water partition coefficient (Wildman–Crippen LogP) is 0.716. The first-order valence-corrected chi connectivity index (χ1v) is 5.22. The SMILES string of the molecule is CC(C)NC(=O)CNc1ncccc1C(=O)O. The molecule has 0 aliphatic heterocycles. The van der Waals surface area contributed by atoms with Crippen molar-refractivity contribution >= 4 is 17.7 Å². The van der Waals surface area contributed by atoms with Crippen LogP contribution < -0.4 is 10.6 Å². The fraction of sp³-hybridized carbons (Fsp3) is 0.364. The van der Waals surface area contributed by atoms with E-state index in [0.717, 1.165) is 0 Å². The Bertz CT molecular complexity index is 418. The molecule has 0 saturated heterocycles. The Kier molecular flexibility index (Phi) is 4.45. The average Bonchev–Trinajstić information content (AvgIpc) is 2.25. The third kappa shape index (κ3) is 4.10. The van der Waals surface area contributed by atoms with Crippen molar-refractivity contribution in [3.8, 4) is 0 Å². The van der Waals surface area contributed by atoms with Gasteiger partial charge in [0.1, 0.15) is 11.4 Å². The van der Waals surface area contributed by atoms with Crippen LogP contribution in [-0.2, 0) is 4.79 Å². The molecule has 0 saturated carbocycles. The molecule has 0 unspecified atom stereocenters. The van der Waals surface area contributed by atoms with E-state index in [1.54, 1.807) is 0 Å². The second kappa shape index (κ2) is 5.83. The van der Waals surface area contributed by atoms with Crippen molar-refractivity contribution in [2.45, 2.75) is 19.9 Å². The summed E-state index contributed by atoms with van der Waals surface area (Å²) in [6.07, 6.45) is 1.47. The highest BCUT2D eigenvalue weighted by atomic mass is 16.4. The van der Waals surface area contributed by atoms with Gasteiger partial charge in [-0.25, -0.2) is 9.78 Å². The van der Waals surface area contributed by atoms with E-state index in [1.807, 2.05) is 13.8 Å². The lowest BCUT2D eigenvalue weighted by Crippen LogP contribution is -2.35. The quantitative estimate of drug-likeness (QED) is 0.701. The minimum Gasteiger partial charge on any atom is -0.478 e. The topological polar surface area (TPSA) is 91.3 Å². The molecule has 0 aromatic carbocycles. The highest BCUT2D eigenvalue weighted by molar-refractivity contribution is 5.93. The summed E-state index contributed by atoms with van der Waals surface area (Å²) in [4.78, 5) is 26.1. The first-order chi connectivity index (χ1) is 8.00. The second-order valence-corrected chi connectivity index (χ2v) is 3.78. The largest absolute Gasteiger partial charge is 0.478 e. The molecule has 0 atom stereocenters. The third-order valence-corrected chi connectivity index (χ3v) is 1.90. The molecule has 17 heavy (non-hydrogen) atoms. The normalized spacial score (nSPS) is 10.1. The number of anilines is 1. The lowest BCUT2D eigenvalue weighted by atomic mass is 10.2. The van der Waals surface area contributed by atoms with Crippen LogP contribution in [0.2, 0.25) is 0 Å². The van der Waals surface area contributed by atoms with E-state index in [-0.39, 0.29) is 29.9 Å². The van der Waals surface area contributed by atoms with Crippen LogP contribution in [0.4, 0.5) is 5.82 Å². The Hall–Kier alpha value is -2.11. The summed E-state index contributed by atoms with van der Waals surface area (Å²) < 4.78 is 0. The van der Waals surface area contributed by atoms with Crippen LogP contribution in [-0.4, -0.2) is 34.6 Å². The van der Waals surface area contributed by atoms with Gasteiger partial charge in [0.2, 0.25) is 5.91 Å². The number of rotatable bonds is 5. The van der Waals surface area contributed by atoms with Gasteiger partial charge in [0.15, 0.2) is 0 Å². The van der Waals surface area contributed by atoms with Crippen molar-refractivity contribution in [2.24, 2.45) is 0 Å². The zero-order chi connectivity index (χ0) is 12.8. The van der Waals surface area contributed by atoms with E-state index in [0.29, 0.717) is 0 Å². The number of aromatic carboxylic acids is 1. The molecule has 0 spiro atoms. The number of carboxylic acid groups (broad SMARTS) is 1. The summed E-state index contributed by atoms with van der Waals surface area (Å²) in [5.74, 6) is -1.09. The molecule has 1 amide bonds. The summed E-state index contributed by atoms with van der Waals surface area (Å²) in [6, 6.07) is 3.01. The van der Waals surface area contributed by atoms with Crippen LogP contribution >= 0.6 is 0 Å². The summed E-state index contributed by atoms with van der Waals surface area (Å²) in [5, 5.41) is 14.3. The number of hydrogen-bond acceptors (Lipinski definition) is 4. The van der Waals surface area contributed by atoms with Gasteiger partial charge < -0.3 is 15.7 Å². The minimum absolute atomic E-state index is 0.00449. The molecule has 0 aliphatic rings. The maximum atomic E-state index is 11.4. The molecule has 6 heteroatoms. The highest BCUT2D eigenvalue weighted by Gasteiger charge is 2.11. The molecule has 0 bridgehead atoms. The van der Waals surface area contributed by atoms with Gasteiger partial charge >= 0.3 is 5.97 Å². The lowest BCUT2D eigenvalue weighted by Gasteiger charge is -2.10. The van der Waals surface area contributed by atoms with E-state index < -0.39 is 5.97 Å². The van der Waals surface area contributed by atoms with Crippen molar-refractivity contribution < 1.29 is 14.7 Å².